The second-order valence-corrected chi connectivity index (χ2v) is 8.43. The predicted octanol–water partition coefficient (Wildman–Crippen LogP) is 5.13. The minimum Gasteiger partial charge on any atom is -0.505 e. The van der Waals surface area contributed by atoms with Gasteiger partial charge in [0.1, 0.15) is 11.3 Å². The molecule has 4 rings (SSSR count). The van der Waals surface area contributed by atoms with Crippen LogP contribution < -0.4 is 10.3 Å². The van der Waals surface area contributed by atoms with Gasteiger partial charge >= 0.3 is 12.2 Å². The molecule has 0 bridgehead atoms. The highest BCUT2D eigenvalue weighted by atomic mass is 19.4. The Morgan fingerprint density at radius 1 is 1.18 bits per heavy atom. The van der Waals surface area contributed by atoms with E-state index >= 15 is 0 Å². The lowest BCUT2D eigenvalue weighted by Gasteiger charge is -2.14. The first-order chi connectivity index (χ1) is 16.0. The molecule has 4 aromatic rings. The van der Waals surface area contributed by atoms with E-state index in [9.17, 15) is 23.1 Å². The van der Waals surface area contributed by atoms with Crippen LogP contribution in [0.3, 0.4) is 0 Å². The van der Waals surface area contributed by atoms with Gasteiger partial charge in [0.25, 0.3) is 5.56 Å². The highest BCUT2D eigenvalue weighted by Gasteiger charge is 2.31. The molecule has 10 heteroatoms. The van der Waals surface area contributed by atoms with Crippen LogP contribution in [-0.4, -0.2) is 24.2 Å². The number of nitrogens with zero attached hydrogens (tertiary/aromatic N) is 4. The zero-order chi connectivity index (χ0) is 24.8. The van der Waals surface area contributed by atoms with Crippen molar-refractivity contribution in [3.05, 3.63) is 75.3 Å². The largest absolute Gasteiger partial charge is 0.505 e. The van der Waals surface area contributed by atoms with Crippen molar-refractivity contribution in [2.45, 2.75) is 39.4 Å². The first-order valence-corrected chi connectivity index (χ1v) is 10.5. The fourth-order valence-corrected chi connectivity index (χ4v) is 3.87. The number of pyridine rings is 2. The summed E-state index contributed by atoms with van der Waals surface area (Å²) in [6, 6.07) is 6.25. The predicted molar refractivity (Wildman–Crippen MR) is 120 cm³/mol. The second-order valence-electron chi connectivity index (χ2n) is 8.43. The molecule has 0 fully saturated rings. The van der Waals surface area contributed by atoms with Gasteiger partial charge < -0.3 is 9.84 Å². The Balaban J connectivity index is 1.95. The number of fused-ring (bicyclic) bond motifs is 1. The van der Waals surface area contributed by atoms with Gasteiger partial charge in [0.15, 0.2) is 11.4 Å². The average molecular weight is 472 g/mol. The number of aromatic nitrogens is 4. The average Bonchev–Trinajstić information content (AvgIpc) is 3.10. The molecule has 0 amide bonds. The molecule has 0 spiro atoms. The topological polar surface area (TPSA) is 82.2 Å². The summed E-state index contributed by atoms with van der Waals surface area (Å²) in [5.74, 6) is -0.595. The lowest BCUT2D eigenvalue weighted by molar-refractivity contribution is -0.137. The van der Waals surface area contributed by atoms with Crippen LogP contribution in [0.5, 0.6) is 17.5 Å². The normalized spacial score (nSPS) is 12.0. The van der Waals surface area contributed by atoms with Crippen molar-refractivity contribution in [3.63, 3.8) is 0 Å². The fourth-order valence-electron chi connectivity index (χ4n) is 3.87. The highest BCUT2D eigenvalue weighted by Crippen LogP contribution is 2.36. The van der Waals surface area contributed by atoms with Crippen molar-refractivity contribution in [3.8, 4) is 17.5 Å². The molecule has 0 aliphatic carbocycles. The molecule has 0 atom stereocenters. The Labute approximate surface area is 193 Å². The third-order valence-electron chi connectivity index (χ3n) is 5.47. The number of hydrogen-bond acceptors (Lipinski definition) is 5. The van der Waals surface area contributed by atoms with E-state index in [4.69, 9.17) is 4.74 Å². The van der Waals surface area contributed by atoms with Gasteiger partial charge in [0.05, 0.1) is 17.7 Å². The Kier molecular flexibility index (Phi) is 5.84. The van der Waals surface area contributed by atoms with E-state index in [0.29, 0.717) is 0 Å². The first kappa shape index (κ1) is 23.3. The molecule has 0 aliphatic heterocycles. The second kappa shape index (κ2) is 8.51. The molecule has 0 saturated heterocycles. The third kappa shape index (κ3) is 4.23. The quantitative estimate of drug-likeness (QED) is 0.436. The number of halogens is 3. The summed E-state index contributed by atoms with van der Waals surface area (Å²) in [5.41, 5.74) is 0.989. The van der Waals surface area contributed by atoms with Gasteiger partial charge in [-0.15, -0.1) is 0 Å². The summed E-state index contributed by atoms with van der Waals surface area (Å²) < 4.78 is 48.2. The van der Waals surface area contributed by atoms with Crippen LogP contribution >= 0.6 is 0 Å². The maximum absolute atomic E-state index is 13.2. The van der Waals surface area contributed by atoms with Crippen LogP contribution in [0.15, 0.2) is 47.5 Å². The van der Waals surface area contributed by atoms with Crippen LogP contribution in [0.25, 0.3) is 11.2 Å². The smallest absolute Gasteiger partial charge is 0.416 e. The zero-order valence-corrected chi connectivity index (χ0v) is 19.0. The van der Waals surface area contributed by atoms with Gasteiger partial charge in [0.2, 0.25) is 0 Å². The standard InChI is InChI=1S/C24H23F3N4O3/c1-13(2)18-20(32)19-21(30(4)22(18)33)29-23(31(19)12-15-8-14(3)10-28-11-15)34-17-7-5-6-16(9-17)24(25,26)27/h5-11,13,32H,12H2,1-4H3. The molecule has 1 N–H and O–H groups in total. The molecule has 0 radical (unpaired) electrons. The SMILES string of the molecule is Cc1cncc(Cn2c(Oc3cccc(C(F)(F)F)c3)nc3c2c(O)c(C(C)C)c(=O)n3C)c1. The zero-order valence-electron chi connectivity index (χ0n) is 19.0. The number of aryl methyl sites for hydroxylation is 2. The van der Waals surface area contributed by atoms with E-state index in [1.54, 1.807) is 26.2 Å². The molecule has 0 unspecified atom stereocenters. The highest BCUT2D eigenvalue weighted by molar-refractivity contribution is 5.82. The molecule has 178 valence electrons. The van der Waals surface area contributed by atoms with E-state index < -0.39 is 17.3 Å². The summed E-state index contributed by atoms with van der Waals surface area (Å²) in [7, 11) is 1.52. The summed E-state index contributed by atoms with van der Waals surface area (Å²) in [6.07, 6.45) is -1.22. The maximum atomic E-state index is 13.2. The molecule has 1 aromatic carbocycles. The van der Waals surface area contributed by atoms with Crippen LogP contribution in [-0.2, 0) is 19.8 Å². The van der Waals surface area contributed by atoms with Crippen molar-refractivity contribution in [1.29, 1.82) is 0 Å². The maximum Gasteiger partial charge on any atom is 0.416 e. The van der Waals surface area contributed by atoms with Crippen LogP contribution in [0, 0.1) is 6.92 Å². The molecule has 0 aliphatic rings. The monoisotopic (exact) mass is 472 g/mol. The molecular weight excluding hydrogens is 449 g/mol. The Bertz CT molecular complexity index is 1440. The van der Waals surface area contributed by atoms with Crippen molar-refractivity contribution in [2.75, 3.05) is 0 Å². The number of alkyl halides is 3. The molecule has 34 heavy (non-hydrogen) atoms. The minimum atomic E-state index is -4.54. The van der Waals surface area contributed by atoms with Crippen molar-refractivity contribution < 1.29 is 23.0 Å². The summed E-state index contributed by atoms with van der Waals surface area (Å²) in [5, 5.41) is 11.1. The third-order valence-corrected chi connectivity index (χ3v) is 5.47. The number of imidazole rings is 1. The lowest BCUT2D eigenvalue weighted by atomic mass is 10.0. The van der Waals surface area contributed by atoms with Crippen LogP contribution in [0.2, 0.25) is 0 Å². The fraction of sp³-hybridized carbons (Fsp3) is 0.292. The van der Waals surface area contributed by atoms with E-state index in [-0.39, 0.29) is 46.7 Å². The minimum absolute atomic E-state index is 0.0676. The van der Waals surface area contributed by atoms with Gasteiger partial charge in [-0.05, 0) is 42.2 Å². The van der Waals surface area contributed by atoms with Crippen LogP contribution in [0.4, 0.5) is 13.2 Å². The molecular formula is C24H23F3N4O3. The van der Waals surface area contributed by atoms with E-state index in [1.807, 2.05) is 13.0 Å². The first-order valence-electron chi connectivity index (χ1n) is 10.5. The Morgan fingerprint density at radius 3 is 2.56 bits per heavy atom. The summed E-state index contributed by atoms with van der Waals surface area (Å²) in [6.45, 7) is 5.60. The molecule has 7 nitrogen and oxygen atoms in total. The summed E-state index contributed by atoms with van der Waals surface area (Å²) >= 11 is 0. The number of ether oxygens (including phenoxy) is 1. The number of rotatable bonds is 5. The van der Waals surface area contributed by atoms with E-state index in [2.05, 4.69) is 9.97 Å². The van der Waals surface area contributed by atoms with Gasteiger partial charge in [-0.2, -0.15) is 18.2 Å². The molecule has 3 aromatic heterocycles. The Hall–Kier alpha value is -3.82. The number of benzene rings is 1. The van der Waals surface area contributed by atoms with Crippen molar-refractivity contribution in [2.24, 2.45) is 7.05 Å². The van der Waals surface area contributed by atoms with E-state index in [1.165, 1.54) is 28.3 Å². The van der Waals surface area contributed by atoms with Gasteiger partial charge in [0, 0.05) is 19.4 Å². The Morgan fingerprint density at radius 2 is 1.91 bits per heavy atom. The summed E-state index contributed by atoms with van der Waals surface area (Å²) in [4.78, 5) is 21.4. The van der Waals surface area contributed by atoms with Crippen LogP contribution in [0.1, 0.15) is 42.0 Å². The molecule has 0 saturated carbocycles. The number of aromatic hydroxyl groups is 1. The van der Waals surface area contributed by atoms with E-state index in [0.717, 1.165) is 23.3 Å². The van der Waals surface area contributed by atoms with Gasteiger partial charge in [-0.1, -0.05) is 26.0 Å². The van der Waals surface area contributed by atoms with Crippen molar-refractivity contribution in [1.82, 2.24) is 19.1 Å². The molecule has 3 heterocycles. The number of hydrogen-bond donors (Lipinski definition) is 1. The van der Waals surface area contributed by atoms with Gasteiger partial charge in [-0.25, -0.2) is 0 Å². The van der Waals surface area contributed by atoms with Crippen molar-refractivity contribution >= 4 is 11.2 Å². The van der Waals surface area contributed by atoms with Gasteiger partial charge in [-0.3, -0.25) is 18.9 Å². The lowest BCUT2D eigenvalue weighted by Crippen LogP contribution is -2.23.